The minimum atomic E-state index is -0.448. The zero-order valence-electron chi connectivity index (χ0n) is 11.5. The molecule has 1 aliphatic heterocycles. The Morgan fingerprint density at radius 1 is 1.16 bits per heavy atom. The van der Waals surface area contributed by atoms with Gasteiger partial charge in [-0.2, -0.15) is 0 Å². The minimum Gasteiger partial charge on any atom is -0.269 e. The fraction of sp³-hybridized carbons (Fsp3) is 0.375. The molecule has 0 aromatic heterocycles. The molecule has 0 aliphatic carbocycles. The fourth-order valence-corrected chi connectivity index (χ4v) is 2.54. The van der Waals surface area contributed by atoms with Crippen LogP contribution in [0.3, 0.4) is 0 Å². The van der Waals surface area contributed by atoms with Crippen molar-refractivity contribution in [1.29, 1.82) is 0 Å². The van der Waals surface area contributed by atoms with E-state index < -0.39 is 6.04 Å². The maximum Gasteiger partial charge on any atom is 0.262 e. The van der Waals surface area contributed by atoms with E-state index >= 15 is 0 Å². The first-order valence-corrected chi connectivity index (χ1v) is 6.47. The smallest absolute Gasteiger partial charge is 0.262 e. The van der Waals surface area contributed by atoms with Crippen molar-refractivity contribution in [3.8, 4) is 12.3 Å². The van der Waals surface area contributed by atoms with Crippen LogP contribution in [0.5, 0.6) is 0 Å². The Balaban J connectivity index is 2.54. The quantitative estimate of drug-likeness (QED) is 0.615. The molecule has 0 N–H and O–H groups in total. The first kappa shape index (κ1) is 13.4. The molecule has 19 heavy (non-hydrogen) atoms. The van der Waals surface area contributed by atoms with Gasteiger partial charge >= 0.3 is 0 Å². The number of imide groups is 1. The second kappa shape index (κ2) is 4.89. The van der Waals surface area contributed by atoms with Gasteiger partial charge < -0.3 is 0 Å². The van der Waals surface area contributed by atoms with E-state index in [0.717, 1.165) is 17.5 Å². The predicted octanol–water partition coefficient (Wildman–Crippen LogP) is 2.70. The summed E-state index contributed by atoms with van der Waals surface area (Å²) in [6.45, 7) is 5.67. The van der Waals surface area contributed by atoms with Crippen LogP contribution in [-0.4, -0.2) is 22.8 Å². The number of rotatable bonds is 3. The maximum absolute atomic E-state index is 12.5. The van der Waals surface area contributed by atoms with Crippen LogP contribution in [0.15, 0.2) is 12.1 Å². The van der Waals surface area contributed by atoms with Gasteiger partial charge in [0.1, 0.15) is 6.04 Å². The van der Waals surface area contributed by atoms with Crippen LogP contribution in [-0.2, 0) is 0 Å². The van der Waals surface area contributed by atoms with Crippen molar-refractivity contribution in [3.63, 3.8) is 0 Å². The summed E-state index contributed by atoms with van der Waals surface area (Å²) in [6.07, 6.45) is 6.95. The van der Waals surface area contributed by atoms with Crippen LogP contribution in [0.4, 0.5) is 0 Å². The SMILES string of the molecule is C#CC(CCC)N1C(=O)c2c(C)ccc(C)c2C1=O. The average molecular weight is 255 g/mol. The van der Waals surface area contributed by atoms with Crippen molar-refractivity contribution in [2.45, 2.75) is 39.7 Å². The summed E-state index contributed by atoms with van der Waals surface area (Å²) in [7, 11) is 0. The molecule has 1 aromatic rings. The zero-order chi connectivity index (χ0) is 14.2. The highest BCUT2D eigenvalue weighted by atomic mass is 16.2. The van der Waals surface area contributed by atoms with Gasteiger partial charge in [0.05, 0.1) is 11.1 Å². The number of nitrogens with zero attached hydrogens (tertiary/aromatic N) is 1. The van der Waals surface area contributed by atoms with Gasteiger partial charge in [0, 0.05) is 0 Å². The molecular formula is C16H17NO2. The van der Waals surface area contributed by atoms with Crippen molar-refractivity contribution in [1.82, 2.24) is 4.90 Å². The molecule has 2 rings (SSSR count). The summed E-state index contributed by atoms with van der Waals surface area (Å²) in [5.74, 6) is 2.06. The van der Waals surface area contributed by atoms with Gasteiger partial charge in [-0.25, -0.2) is 0 Å². The van der Waals surface area contributed by atoms with Gasteiger partial charge in [-0.3, -0.25) is 14.5 Å². The molecule has 0 radical (unpaired) electrons. The summed E-state index contributed by atoms with van der Waals surface area (Å²) in [5.41, 5.74) is 2.69. The Morgan fingerprint density at radius 2 is 1.63 bits per heavy atom. The lowest BCUT2D eigenvalue weighted by atomic mass is 9.99. The zero-order valence-corrected chi connectivity index (χ0v) is 11.5. The van der Waals surface area contributed by atoms with E-state index in [9.17, 15) is 9.59 Å². The van der Waals surface area contributed by atoms with Crippen LogP contribution in [0.25, 0.3) is 0 Å². The Hall–Kier alpha value is -2.08. The first-order chi connectivity index (χ1) is 9.02. The summed E-state index contributed by atoms with van der Waals surface area (Å²) in [6, 6.07) is 3.29. The van der Waals surface area contributed by atoms with Crippen LogP contribution < -0.4 is 0 Å². The third-order valence-electron chi connectivity index (χ3n) is 3.55. The number of benzene rings is 1. The summed E-state index contributed by atoms with van der Waals surface area (Å²) >= 11 is 0. The molecule has 0 saturated carbocycles. The molecule has 3 nitrogen and oxygen atoms in total. The minimum absolute atomic E-state index is 0.252. The lowest BCUT2D eigenvalue weighted by molar-refractivity contribution is 0.0614. The Morgan fingerprint density at radius 3 is 2.00 bits per heavy atom. The van der Waals surface area contributed by atoms with Crippen molar-refractivity contribution in [2.75, 3.05) is 0 Å². The second-order valence-electron chi connectivity index (χ2n) is 4.90. The summed E-state index contributed by atoms with van der Waals surface area (Å²) in [5, 5.41) is 0. The van der Waals surface area contributed by atoms with Gasteiger partial charge in [0.25, 0.3) is 11.8 Å². The number of carbonyl (C=O) groups is 2. The van der Waals surface area contributed by atoms with Crippen molar-refractivity contribution < 1.29 is 9.59 Å². The van der Waals surface area contributed by atoms with Crippen molar-refractivity contribution >= 4 is 11.8 Å². The monoisotopic (exact) mass is 255 g/mol. The fourth-order valence-electron chi connectivity index (χ4n) is 2.54. The van der Waals surface area contributed by atoms with Crippen LogP contribution in [0, 0.1) is 26.2 Å². The van der Waals surface area contributed by atoms with E-state index in [1.807, 2.05) is 32.9 Å². The van der Waals surface area contributed by atoms with Crippen LogP contribution in [0.1, 0.15) is 51.6 Å². The summed E-state index contributed by atoms with van der Waals surface area (Å²) in [4.78, 5) is 26.2. The Bertz CT molecular complexity index is 555. The molecule has 98 valence electrons. The van der Waals surface area contributed by atoms with Gasteiger partial charge in [-0.05, 0) is 31.4 Å². The number of aryl methyl sites for hydroxylation is 2. The lowest BCUT2D eigenvalue weighted by Gasteiger charge is -2.21. The van der Waals surface area contributed by atoms with Crippen molar-refractivity contribution in [2.24, 2.45) is 0 Å². The molecule has 0 bridgehead atoms. The number of hydrogen-bond donors (Lipinski definition) is 0. The van der Waals surface area contributed by atoms with E-state index in [4.69, 9.17) is 6.42 Å². The molecule has 0 spiro atoms. The Labute approximate surface area is 113 Å². The van der Waals surface area contributed by atoms with Crippen molar-refractivity contribution in [3.05, 3.63) is 34.4 Å². The molecule has 0 fully saturated rings. The van der Waals surface area contributed by atoms with E-state index in [1.165, 1.54) is 4.90 Å². The highest BCUT2D eigenvalue weighted by Gasteiger charge is 2.40. The standard InChI is InChI=1S/C16H17NO2/c1-5-7-12(6-2)17-15(18)13-10(3)8-9-11(4)14(13)16(17)19/h2,8-9,12H,5,7H2,1,3-4H3. The molecule has 1 unspecified atom stereocenters. The number of fused-ring (bicyclic) bond motifs is 1. The van der Waals surface area contributed by atoms with Crippen LogP contribution >= 0.6 is 0 Å². The Kier molecular flexibility index (Phi) is 3.44. The molecule has 0 saturated heterocycles. The van der Waals surface area contributed by atoms with Crippen LogP contribution in [0.2, 0.25) is 0 Å². The number of hydrogen-bond acceptors (Lipinski definition) is 2. The van der Waals surface area contributed by atoms with E-state index in [-0.39, 0.29) is 11.8 Å². The lowest BCUT2D eigenvalue weighted by Crippen LogP contribution is -2.39. The second-order valence-corrected chi connectivity index (χ2v) is 4.90. The first-order valence-electron chi connectivity index (χ1n) is 6.47. The van der Waals surface area contributed by atoms with E-state index in [1.54, 1.807) is 0 Å². The molecule has 2 amide bonds. The maximum atomic E-state index is 12.5. The molecule has 3 heteroatoms. The average Bonchev–Trinajstić information content (AvgIpc) is 2.65. The van der Waals surface area contributed by atoms with Gasteiger partial charge in [-0.1, -0.05) is 31.4 Å². The highest BCUT2D eigenvalue weighted by Crippen LogP contribution is 2.30. The normalized spacial score (nSPS) is 15.4. The number of carbonyl (C=O) groups excluding carboxylic acids is 2. The highest BCUT2D eigenvalue weighted by molar-refractivity contribution is 6.23. The molecule has 1 atom stereocenters. The van der Waals surface area contributed by atoms with Gasteiger partial charge in [0.15, 0.2) is 0 Å². The largest absolute Gasteiger partial charge is 0.269 e. The molecular weight excluding hydrogens is 238 g/mol. The third kappa shape index (κ3) is 1.94. The molecule has 1 aromatic carbocycles. The topological polar surface area (TPSA) is 37.4 Å². The van der Waals surface area contributed by atoms with Gasteiger partial charge in [0.2, 0.25) is 0 Å². The molecule has 1 heterocycles. The van der Waals surface area contributed by atoms with E-state index in [0.29, 0.717) is 17.5 Å². The number of amides is 2. The predicted molar refractivity (Wildman–Crippen MR) is 73.9 cm³/mol. The molecule has 1 aliphatic rings. The summed E-state index contributed by atoms with van der Waals surface area (Å²) < 4.78 is 0. The number of terminal acetylenes is 1. The van der Waals surface area contributed by atoms with E-state index in [2.05, 4.69) is 5.92 Å². The van der Waals surface area contributed by atoms with Gasteiger partial charge in [-0.15, -0.1) is 6.42 Å². The third-order valence-corrected chi connectivity index (χ3v) is 3.55.